The van der Waals surface area contributed by atoms with Gasteiger partial charge in [-0.05, 0) is 20.6 Å². The van der Waals surface area contributed by atoms with E-state index in [1.807, 2.05) is 13.0 Å². The predicted molar refractivity (Wildman–Crippen MR) is 44.3 cm³/mol. The first-order chi connectivity index (χ1) is 4.35. The molecule has 0 aliphatic carbocycles. The van der Waals surface area contributed by atoms with Gasteiger partial charge in [-0.15, -0.1) is 5.92 Å². The van der Waals surface area contributed by atoms with Crippen molar-refractivity contribution in [2.45, 2.75) is 13.8 Å². The van der Waals surface area contributed by atoms with Gasteiger partial charge in [0.25, 0.3) is 0 Å². The summed E-state index contributed by atoms with van der Waals surface area (Å²) in [6.45, 7) is 7.06. The van der Waals surface area contributed by atoms with E-state index in [0.29, 0.717) is 0 Å². The maximum atomic E-state index is 3.62. The molecular formula is C7H9NS. The molecule has 0 heterocycles. The SMILES string of the molecule is C=NSC(C#CC)=CC. The first-order valence-corrected chi connectivity index (χ1v) is 3.34. The molecule has 0 aromatic rings. The number of hydrogen-bond acceptors (Lipinski definition) is 2. The molecule has 0 aromatic heterocycles. The number of nitrogens with zero attached hydrogens (tertiary/aromatic N) is 1. The summed E-state index contributed by atoms with van der Waals surface area (Å²) in [5.41, 5.74) is 0. The average molecular weight is 139 g/mol. The molecule has 0 aliphatic heterocycles. The van der Waals surface area contributed by atoms with Crippen molar-refractivity contribution < 1.29 is 0 Å². The molecule has 0 fully saturated rings. The third-order valence-corrected chi connectivity index (χ3v) is 1.34. The Morgan fingerprint density at radius 3 is 2.78 bits per heavy atom. The Morgan fingerprint density at radius 1 is 1.78 bits per heavy atom. The largest absolute Gasteiger partial charge is 0.227 e. The lowest BCUT2D eigenvalue weighted by molar-refractivity contribution is 1.72. The summed E-state index contributed by atoms with van der Waals surface area (Å²) in [6.07, 6.45) is 1.91. The van der Waals surface area contributed by atoms with Gasteiger partial charge in [-0.3, -0.25) is 0 Å². The van der Waals surface area contributed by atoms with Crippen LogP contribution in [0, 0.1) is 11.8 Å². The monoisotopic (exact) mass is 139 g/mol. The second-order valence-corrected chi connectivity index (χ2v) is 2.13. The van der Waals surface area contributed by atoms with Gasteiger partial charge >= 0.3 is 0 Å². The third kappa shape index (κ3) is 3.87. The molecule has 0 N–H and O–H groups in total. The smallest absolute Gasteiger partial charge is 0.0761 e. The highest BCUT2D eigenvalue weighted by Gasteiger charge is 1.84. The average Bonchev–Trinajstić information content (AvgIpc) is 1.88. The van der Waals surface area contributed by atoms with Gasteiger partial charge in [0.05, 0.1) is 4.91 Å². The van der Waals surface area contributed by atoms with Crippen LogP contribution < -0.4 is 0 Å². The van der Waals surface area contributed by atoms with Gasteiger partial charge in [0, 0.05) is 11.9 Å². The van der Waals surface area contributed by atoms with E-state index >= 15 is 0 Å². The van der Waals surface area contributed by atoms with Gasteiger partial charge in [-0.2, -0.15) is 0 Å². The van der Waals surface area contributed by atoms with Gasteiger partial charge in [-0.25, -0.2) is 4.40 Å². The Labute approximate surface area is 60.4 Å². The van der Waals surface area contributed by atoms with Crippen LogP contribution in [0.1, 0.15) is 13.8 Å². The number of rotatable bonds is 2. The lowest BCUT2D eigenvalue weighted by Crippen LogP contribution is -1.63. The minimum Gasteiger partial charge on any atom is -0.227 e. The molecule has 0 bridgehead atoms. The van der Waals surface area contributed by atoms with Crippen LogP contribution in [0.4, 0.5) is 0 Å². The summed E-state index contributed by atoms with van der Waals surface area (Å²) >= 11 is 1.30. The summed E-state index contributed by atoms with van der Waals surface area (Å²) < 4.78 is 3.62. The molecule has 9 heavy (non-hydrogen) atoms. The van der Waals surface area contributed by atoms with Crippen molar-refractivity contribution in [1.82, 2.24) is 0 Å². The van der Waals surface area contributed by atoms with Crippen molar-refractivity contribution in [2.75, 3.05) is 0 Å². The standard InChI is InChI=1S/C7H9NS/c1-4-6-7(5-2)9-8-3/h5H,3H2,1-2H3. The highest BCUT2D eigenvalue weighted by molar-refractivity contribution is 8.02. The second-order valence-electron chi connectivity index (χ2n) is 1.25. The van der Waals surface area contributed by atoms with E-state index in [4.69, 9.17) is 0 Å². The maximum absolute atomic E-state index is 3.62. The number of allylic oxidation sites excluding steroid dienone is 2. The fraction of sp³-hybridized carbons (Fsp3) is 0.286. The van der Waals surface area contributed by atoms with Crippen molar-refractivity contribution in [2.24, 2.45) is 4.40 Å². The Hall–Kier alpha value is -0.680. The van der Waals surface area contributed by atoms with Crippen molar-refractivity contribution in [3.8, 4) is 11.8 Å². The van der Waals surface area contributed by atoms with E-state index in [9.17, 15) is 0 Å². The summed E-state index contributed by atoms with van der Waals surface area (Å²) in [6, 6.07) is 0. The van der Waals surface area contributed by atoms with Crippen molar-refractivity contribution in [1.29, 1.82) is 0 Å². The molecule has 0 aliphatic rings. The highest BCUT2D eigenvalue weighted by Crippen LogP contribution is 2.13. The third-order valence-electron chi connectivity index (χ3n) is 0.673. The molecule has 0 amide bonds. The molecule has 0 saturated heterocycles. The summed E-state index contributed by atoms with van der Waals surface area (Å²) in [7, 11) is 0. The van der Waals surface area contributed by atoms with Crippen LogP contribution in [-0.2, 0) is 0 Å². The van der Waals surface area contributed by atoms with E-state index in [-0.39, 0.29) is 0 Å². The minimum absolute atomic E-state index is 0.951. The van der Waals surface area contributed by atoms with Gasteiger partial charge in [-0.1, -0.05) is 12.0 Å². The van der Waals surface area contributed by atoms with Gasteiger partial charge in [0.1, 0.15) is 0 Å². The molecule has 2 heteroatoms. The Balaban J connectivity index is 3.95. The fourth-order valence-electron chi connectivity index (χ4n) is 0.340. The normalized spacial score (nSPS) is 9.78. The van der Waals surface area contributed by atoms with Crippen LogP contribution in [-0.4, -0.2) is 6.72 Å². The molecule has 0 unspecified atom stereocenters. The number of hydrogen-bond donors (Lipinski definition) is 0. The predicted octanol–water partition coefficient (Wildman–Crippen LogP) is 2.26. The zero-order valence-corrected chi connectivity index (χ0v) is 6.46. The molecule has 48 valence electrons. The molecule has 0 saturated carbocycles. The molecule has 0 atom stereocenters. The van der Waals surface area contributed by atoms with E-state index in [2.05, 4.69) is 23.0 Å². The van der Waals surface area contributed by atoms with Crippen LogP contribution in [0.2, 0.25) is 0 Å². The lowest BCUT2D eigenvalue weighted by atomic mass is 10.5. The van der Waals surface area contributed by atoms with Crippen molar-refractivity contribution in [3.63, 3.8) is 0 Å². The van der Waals surface area contributed by atoms with Gasteiger partial charge in [0.15, 0.2) is 0 Å². The van der Waals surface area contributed by atoms with Gasteiger partial charge < -0.3 is 0 Å². The molecule has 1 nitrogen and oxygen atoms in total. The minimum atomic E-state index is 0.951. The van der Waals surface area contributed by atoms with Crippen LogP contribution >= 0.6 is 11.9 Å². The Morgan fingerprint density at radius 2 is 2.44 bits per heavy atom. The Kier molecular flexibility index (Phi) is 5.04. The lowest BCUT2D eigenvalue weighted by Gasteiger charge is -1.86. The molecular weight excluding hydrogens is 130 g/mol. The maximum Gasteiger partial charge on any atom is 0.0761 e. The molecule has 0 spiro atoms. The topological polar surface area (TPSA) is 12.4 Å². The van der Waals surface area contributed by atoms with Crippen molar-refractivity contribution >= 4 is 18.7 Å². The van der Waals surface area contributed by atoms with E-state index in [0.717, 1.165) is 4.91 Å². The van der Waals surface area contributed by atoms with E-state index in [1.165, 1.54) is 11.9 Å². The summed E-state index contributed by atoms with van der Waals surface area (Å²) in [5, 5.41) is 0. The van der Waals surface area contributed by atoms with Crippen LogP contribution in [0.5, 0.6) is 0 Å². The van der Waals surface area contributed by atoms with Crippen LogP contribution in [0.25, 0.3) is 0 Å². The fourth-order valence-corrected chi connectivity index (χ4v) is 0.733. The molecule has 0 rings (SSSR count). The first kappa shape index (κ1) is 8.32. The second kappa shape index (κ2) is 5.46. The zero-order valence-electron chi connectivity index (χ0n) is 5.64. The highest BCUT2D eigenvalue weighted by atomic mass is 32.2. The zero-order chi connectivity index (χ0) is 7.11. The van der Waals surface area contributed by atoms with Crippen molar-refractivity contribution in [3.05, 3.63) is 11.0 Å². The van der Waals surface area contributed by atoms with Gasteiger partial charge in [0.2, 0.25) is 0 Å². The first-order valence-electron chi connectivity index (χ1n) is 2.57. The van der Waals surface area contributed by atoms with Crippen LogP contribution in [0.3, 0.4) is 0 Å². The summed E-state index contributed by atoms with van der Waals surface area (Å²) in [5.74, 6) is 5.65. The van der Waals surface area contributed by atoms with E-state index in [1.54, 1.807) is 6.92 Å². The molecule has 0 aromatic carbocycles. The summed E-state index contributed by atoms with van der Waals surface area (Å²) in [4.78, 5) is 0.951. The Bertz CT molecular complexity index is 171. The van der Waals surface area contributed by atoms with Crippen LogP contribution in [0.15, 0.2) is 15.4 Å². The van der Waals surface area contributed by atoms with E-state index < -0.39 is 0 Å². The quantitative estimate of drug-likeness (QED) is 0.325. The molecule has 0 radical (unpaired) electrons.